The molecular formula is C15H18N4O. The molecule has 2 heterocycles. The van der Waals surface area contributed by atoms with Gasteiger partial charge in [0.1, 0.15) is 5.82 Å². The molecule has 1 aromatic carbocycles. The summed E-state index contributed by atoms with van der Waals surface area (Å²) in [6.07, 6.45) is 4.65. The molecular weight excluding hydrogens is 252 g/mol. The van der Waals surface area contributed by atoms with Gasteiger partial charge in [-0.1, -0.05) is 0 Å². The molecule has 0 saturated carbocycles. The number of aryl methyl sites for hydroxylation is 1. The zero-order valence-electron chi connectivity index (χ0n) is 11.8. The van der Waals surface area contributed by atoms with Gasteiger partial charge in [0.15, 0.2) is 0 Å². The molecule has 0 bridgehead atoms. The number of carbonyl (C=O) groups is 1. The van der Waals surface area contributed by atoms with Crippen molar-refractivity contribution in [1.82, 2.24) is 9.55 Å². The van der Waals surface area contributed by atoms with E-state index in [0.29, 0.717) is 6.54 Å². The van der Waals surface area contributed by atoms with E-state index >= 15 is 0 Å². The normalized spacial score (nSPS) is 13.4. The molecule has 20 heavy (non-hydrogen) atoms. The van der Waals surface area contributed by atoms with E-state index in [9.17, 15) is 4.79 Å². The number of nitrogens with one attached hydrogen (secondary N) is 1. The zero-order chi connectivity index (χ0) is 14.1. The molecule has 0 atom stereocenters. The average Bonchev–Trinajstić information content (AvgIpc) is 3.02. The maximum absolute atomic E-state index is 11.5. The molecule has 104 valence electrons. The fourth-order valence-electron chi connectivity index (χ4n) is 2.59. The first-order valence-corrected chi connectivity index (χ1v) is 6.76. The van der Waals surface area contributed by atoms with E-state index in [0.717, 1.165) is 30.2 Å². The molecule has 0 saturated heterocycles. The largest absolute Gasteiger partial charge is 0.378 e. The van der Waals surface area contributed by atoms with Crippen LogP contribution in [-0.2, 0) is 24.8 Å². The van der Waals surface area contributed by atoms with E-state index < -0.39 is 0 Å². The standard InChI is InChI=1S/C15H18N4O/c1-11(20)19-7-5-12-9-13(3-4-14(12)19)17-10-15-16-6-8-18(15)2/h3-4,6,8-9,17H,5,7,10H2,1-2H3. The van der Waals surface area contributed by atoms with Gasteiger partial charge in [-0.15, -0.1) is 0 Å². The minimum atomic E-state index is 0.109. The number of nitrogens with zero attached hydrogens (tertiary/aromatic N) is 3. The summed E-state index contributed by atoms with van der Waals surface area (Å²) in [4.78, 5) is 17.6. The molecule has 5 nitrogen and oxygen atoms in total. The second-order valence-electron chi connectivity index (χ2n) is 5.07. The fourth-order valence-corrected chi connectivity index (χ4v) is 2.59. The molecule has 5 heteroatoms. The monoisotopic (exact) mass is 270 g/mol. The predicted octanol–water partition coefficient (Wildman–Crippen LogP) is 1.94. The smallest absolute Gasteiger partial charge is 0.223 e. The highest BCUT2D eigenvalue weighted by Crippen LogP contribution is 2.30. The van der Waals surface area contributed by atoms with Crippen molar-refractivity contribution >= 4 is 17.3 Å². The van der Waals surface area contributed by atoms with Gasteiger partial charge in [0, 0.05) is 44.3 Å². The number of imidazole rings is 1. The molecule has 0 spiro atoms. The maximum atomic E-state index is 11.5. The van der Waals surface area contributed by atoms with E-state index in [4.69, 9.17) is 0 Å². The second-order valence-corrected chi connectivity index (χ2v) is 5.07. The third kappa shape index (κ3) is 2.27. The van der Waals surface area contributed by atoms with Gasteiger partial charge in [0.25, 0.3) is 0 Å². The lowest BCUT2D eigenvalue weighted by molar-refractivity contribution is -0.116. The first-order valence-electron chi connectivity index (χ1n) is 6.76. The third-order valence-electron chi connectivity index (χ3n) is 3.73. The Balaban J connectivity index is 1.74. The Labute approximate surface area is 118 Å². The Hall–Kier alpha value is -2.30. The van der Waals surface area contributed by atoms with Crippen molar-refractivity contribution in [2.45, 2.75) is 19.9 Å². The van der Waals surface area contributed by atoms with Crippen LogP contribution in [0.2, 0.25) is 0 Å². The lowest BCUT2D eigenvalue weighted by Gasteiger charge is -2.15. The minimum absolute atomic E-state index is 0.109. The third-order valence-corrected chi connectivity index (χ3v) is 3.73. The summed E-state index contributed by atoms with van der Waals surface area (Å²) in [5.74, 6) is 1.10. The van der Waals surface area contributed by atoms with Gasteiger partial charge in [-0.2, -0.15) is 0 Å². The van der Waals surface area contributed by atoms with Crippen LogP contribution >= 0.6 is 0 Å². The zero-order valence-corrected chi connectivity index (χ0v) is 11.8. The van der Waals surface area contributed by atoms with Crippen LogP contribution in [0, 0.1) is 0 Å². The van der Waals surface area contributed by atoms with Crippen LogP contribution in [0.1, 0.15) is 18.3 Å². The van der Waals surface area contributed by atoms with Crippen LogP contribution < -0.4 is 10.2 Å². The van der Waals surface area contributed by atoms with Gasteiger partial charge < -0.3 is 14.8 Å². The van der Waals surface area contributed by atoms with E-state index in [-0.39, 0.29) is 5.91 Å². The highest BCUT2D eigenvalue weighted by Gasteiger charge is 2.21. The van der Waals surface area contributed by atoms with Crippen molar-refractivity contribution in [3.63, 3.8) is 0 Å². The van der Waals surface area contributed by atoms with Gasteiger partial charge in [-0.25, -0.2) is 4.98 Å². The number of hydrogen-bond donors (Lipinski definition) is 1. The lowest BCUT2D eigenvalue weighted by atomic mass is 10.1. The number of aromatic nitrogens is 2. The highest BCUT2D eigenvalue weighted by molar-refractivity contribution is 5.94. The maximum Gasteiger partial charge on any atom is 0.223 e. The highest BCUT2D eigenvalue weighted by atomic mass is 16.2. The van der Waals surface area contributed by atoms with Gasteiger partial charge >= 0.3 is 0 Å². The molecule has 0 aliphatic carbocycles. The fraction of sp³-hybridized carbons (Fsp3) is 0.333. The second kappa shape index (κ2) is 5.00. The number of amides is 1. The summed E-state index contributed by atoms with van der Waals surface area (Å²) in [6, 6.07) is 6.16. The molecule has 0 unspecified atom stereocenters. The predicted molar refractivity (Wildman–Crippen MR) is 78.7 cm³/mol. The SMILES string of the molecule is CC(=O)N1CCc2cc(NCc3nccn3C)ccc21. The number of benzene rings is 1. The van der Waals surface area contributed by atoms with Crippen molar-refractivity contribution in [1.29, 1.82) is 0 Å². The van der Waals surface area contributed by atoms with E-state index in [2.05, 4.69) is 16.4 Å². The van der Waals surface area contributed by atoms with Gasteiger partial charge in [-0.05, 0) is 30.2 Å². The quantitative estimate of drug-likeness (QED) is 0.927. The van der Waals surface area contributed by atoms with Gasteiger partial charge in [0.05, 0.1) is 6.54 Å². The molecule has 1 aliphatic heterocycles. The first kappa shape index (κ1) is 12.7. The van der Waals surface area contributed by atoms with Crippen LogP contribution in [0.15, 0.2) is 30.6 Å². The summed E-state index contributed by atoms with van der Waals surface area (Å²) in [5.41, 5.74) is 3.34. The Morgan fingerprint density at radius 3 is 3.00 bits per heavy atom. The Morgan fingerprint density at radius 2 is 2.30 bits per heavy atom. The summed E-state index contributed by atoms with van der Waals surface area (Å²) in [6.45, 7) is 3.09. The van der Waals surface area contributed by atoms with Crippen LogP contribution in [0.5, 0.6) is 0 Å². The number of carbonyl (C=O) groups excluding carboxylic acids is 1. The molecule has 2 aromatic rings. The number of hydrogen-bond acceptors (Lipinski definition) is 3. The van der Waals surface area contributed by atoms with E-state index in [1.807, 2.05) is 34.8 Å². The van der Waals surface area contributed by atoms with Crippen LogP contribution in [0.3, 0.4) is 0 Å². The van der Waals surface area contributed by atoms with Crippen molar-refractivity contribution in [3.05, 3.63) is 42.0 Å². The number of rotatable bonds is 3. The van der Waals surface area contributed by atoms with E-state index in [1.165, 1.54) is 5.56 Å². The van der Waals surface area contributed by atoms with Crippen LogP contribution in [0.4, 0.5) is 11.4 Å². The molecule has 0 radical (unpaired) electrons. The Bertz CT molecular complexity index is 647. The first-order chi connectivity index (χ1) is 9.65. The molecule has 1 aromatic heterocycles. The Morgan fingerprint density at radius 1 is 1.45 bits per heavy atom. The number of fused-ring (bicyclic) bond motifs is 1. The molecule has 1 aliphatic rings. The van der Waals surface area contributed by atoms with Crippen molar-refractivity contribution in [2.75, 3.05) is 16.8 Å². The van der Waals surface area contributed by atoms with Crippen LogP contribution in [-0.4, -0.2) is 22.0 Å². The van der Waals surface area contributed by atoms with Crippen LogP contribution in [0.25, 0.3) is 0 Å². The molecule has 1 N–H and O–H groups in total. The molecule has 1 amide bonds. The molecule has 3 rings (SSSR count). The topological polar surface area (TPSA) is 50.2 Å². The van der Waals surface area contributed by atoms with Gasteiger partial charge in [-0.3, -0.25) is 4.79 Å². The Kier molecular flexibility index (Phi) is 3.18. The summed E-state index contributed by atoms with van der Waals surface area (Å²) in [7, 11) is 1.98. The minimum Gasteiger partial charge on any atom is -0.378 e. The van der Waals surface area contributed by atoms with Crippen molar-refractivity contribution < 1.29 is 4.79 Å². The summed E-state index contributed by atoms with van der Waals surface area (Å²) in [5, 5.41) is 3.37. The summed E-state index contributed by atoms with van der Waals surface area (Å²) < 4.78 is 2.00. The lowest BCUT2D eigenvalue weighted by Crippen LogP contribution is -2.25. The molecule has 0 fully saturated rings. The van der Waals surface area contributed by atoms with Crippen molar-refractivity contribution in [2.24, 2.45) is 7.05 Å². The average molecular weight is 270 g/mol. The van der Waals surface area contributed by atoms with Crippen molar-refractivity contribution in [3.8, 4) is 0 Å². The summed E-state index contributed by atoms with van der Waals surface area (Å²) >= 11 is 0. The van der Waals surface area contributed by atoms with E-state index in [1.54, 1.807) is 13.1 Å². The van der Waals surface area contributed by atoms with Gasteiger partial charge in [0.2, 0.25) is 5.91 Å². The number of anilines is 2.